The molecule has 1 heterocycles. The lowest BCUT2D eigenvalue weighted by atomic mass is 10.1. The van der Waals surface area contributed by atoms with Gasteiger partial charge in [0.1, 0.15) is 0 Å². The van der Waals surface area contributed by atoms with Crippen molar-refractivity contribution in [2.45, 2.75) is 165 Å². The van der Waals surface area contributed by atoms with Crippen molar-refractivity contribution in [3.63, 3.8) is 0 Å². The molecule has 5 aromatic rings. The molecule has 0 aliphatic carbocycles. The molecule has 4 aromatic carbocycles. The van der Waals surface area contributed by atoms with Crippen LogP contribution in [0.15, 0.2) is 129 Å². The van der Waals surface area contributed by atoms with Crippen LogP contribution in [0.2, 0.25) is 0 Å². The van der Waals surface area contributed by atoms with Gasteiger partial charge in [0.25, 0.3) is 5.56 Å². The number of benzene rings is 4. The monoisotopic (exact) mass is 1200 g/mol. The van der Waals surface area contributed by atoms with Crippen LogP contribution in [-0.4, -0.2) is 40.8 Å². The molecule has 0 unspecified atom stereocenters. The Balaban J connectivity index is 0.000000406. The molecule has 9 nitrogen and oxygen atoms in total. The van der Waals surface area contributed by atoms with Gasteiger partial charge in [-0.3, -0.25) is 9.52 Å². The van der Waals surface area contributed by atoms with Crippen LogP contribution in [0.4, 0.5) is 11.4 Å². The van der Waals surface area contributed by atoms with Gasteiger partial charge in [-0.1, -0.05) is 218 Å². The number of fused-ring (bicyclic) bond motifs is 1. The topological polar surface area (TPSA) is 138 Å². The van der Waals surface area contributed by atoms with Gasteiger partial charge in [-0.05, 0) is 103 Å². The van der Waals surface area contributed by atoms with Crippen LogP contribution in [-0.2, 0) is 19.9 Å². The Morgan fingerprint density at radius 2 is 0.985 bits per heavy atom. The third-order valence-corrected chi connectivity index (χ3v) is 20.2. The minimum Gasteiger partial charge on any atom is -0.384 e. The molecule has 5 rings (SSSR count). The normalized spacial score (nSPS) is 11.6. The molecule has 0 aliphatic rings. The number of nitrogens with one attached hydrogen (secondary N) is 3. The number of anilines is 2. The Morgan fingerprint density at radius 3 is 1.51 bits per heavy atom. The largest absolute Gasteiger partial charge is 0.384 e. The Labute approximate surface area is 441 Å². The second kappa shape index (κ2) is 34.9. The highest BCUT2D eigenvalue weighted by atomic mass is 80.0. The fourth-order valence-corrected chi connectivity index (χ4v) is 13.2. The summed E-state index contributed by atoms with van der Waals surface area (Å²) in [5, 5.41) is 11.2. The van der Waals surface area contributed by atoms with E-state index < -0.39 is 21.3 Å². The first-order chi connectivity index (χ1) is 32.8. The number of halogens is 3. The number of aromatic nitrogens is 2. The maximum Gasteiger partial charge on any atom is 0.272 e. The Bertz CT molecular complexity index is 2400. The van der Waals surface area contributed by atoms with Crippen LogP contribution in [0.3, 0.4) is 0 Å². The van der Waals surface area contributed by atoms with Crippen molar-refractivity contribution < 1.29 is 16.8 Å². The zero-order chi connectivity index (χ0) is 49.4. The average Bonchev–Trinajstić information content (AvgIpc) is 3.33. The molecule has 3 N–H and O–H groups in total. The van der Waals surface area contributed by atoms with E-state index in [1.807, 2.05) is 42.5 Å². The minimum absolute atomic E-state index is 0.136. The number of H-pyrrole nitrogens is 1. The standard InChI is InChI=1S/C37H62N2O2S3.C8H6N2O.C7H5Br3O2S/c1-3-5-7-9-11-13-15-16-18-20-26-32-38-34-28-22-24-30-36(34)42-43-37-31-25-23-29-35(37)39-44(40,41)33-27-21-19-17-14-12-10-8-6-4-2;11-8-7-4-2-1-3-6(7)5-9-10-8;8-7(9,10)13(11,12)6-4-2-1-3-5-6/h22-25,28-31,38-39H,3-21,26-27,32-33H2,1-2H3;1-5H,(H,10,11);1-5H. The molecule has 0 bridgehead atoms. The zero-order valence-corrected chi connectivity index (χ0v) is 47.9. The molecule has 0 amide bonds. The number of rotatable bonds is 30. The van der Waals surface area contributed by atoms with Crippen molar-refractivity contribution >= 4 is 111 Å². The average molecular weight is 1200 g/mol. The van der Waals surface area contributed by atoms with Crippen molar-refractivity contribution in [1.82, 2.24) is 10.2 Å². The molecule has 1 aromatic heterocycles. The Kier molecular flexibility index (Phi) is 30.8. The summed E-state index contributed by atoms with van der Waals surface area (Å²) in [4.78, 5) is 13.4. The molecule has 0 saturated heterocycles. The van der Waals surface area contributed by atoms with Gasteiger partial charge in [0, 0.05) is 32.8 Å². The number of unbranched alkanes of at least 4 members (excludes halogenated alkanes) is 19. The fourth-order valence-electron chi connectivity index (χ4n) is 7.18. The number of sulfonamides is 1. The second-order valence-electron chi connectivity index (χ2n) is 16.8. The number of alkyl halides is 3. The van der Waals surface area contributed by atoms with E-state index in [-0.39, 0.29) is 16.2 Å². The van der Waals surface area contributed by atoms with E-state index in [0.717, 1.165) is 35.4 Å². The summed E-state index contributed by atoms with van der Waals surface area (Å²) >= 11 is 8.95. The van der Waals surface area contributed by atoms with Gasteiger partial charge < -0.3 is 5.32 Å². The number of aromatic amines is 1. The summed E-state index contributed by atoms with van der Waals surface area (Å²) in [5.41, 5.74) is 1.68. The van der Waals surface area contributed by atoms with Crippen molar-refractivity contribution in [1.29, 1.82) is 0 Å². The summed E-state index contributed by atoms with van der Waals surface area (Å²) in [5.74, 6) is 0.182. The number of hydrogen-bond acceptors (Lipinski definition) is 9. The van der Waals surface area contributed by atoms with E-state index in [0.29, 0.717) is 17.5 Å². The number of hydrogen-bond donors (Lipinski definition) is 3. The number of para-hydroxylation sites is 2. The van der Waals surface area contributed by atoms with Crippen molar-refractivity contribution in [2.75, 3.05) is 22.3 Å². The molecule has 0 spiro atoms. The van der Waals surface area contributed by atoms with Gasteiger partial charge >= 0.3 is 0 Å². The van der Waals surface area contributed by atoms with Gasteiger partial charge in [-0.15, -0.1) is 0 Å². The first kappa shape index (κ1) is 60.0. The zero-order valence-electron chi connectivity index (χ0n) is 39.9. The lowest BCUT2D eigenvalue weighted by molar-refractivity contribution is 0.552. The molecular weight excluding hydrogens is 1130 g/mol. The first-order valence-corrected chi connectivity index (χ1v) is 32.0. The Hall–Kier alpha value is -2.34. The predicted molar refractivity (Wildman–Crippen MR) is 304 cm³/mol. The Morgan fingerprint density at radius 1 is 0.544 bits per heavy atom. The van der Waals surface area contributed by atoms with E-state index in [4.69, 9.17) is 0 Å². The highest BCUT2D eigenvalue weighted by molar-refractivity contribution is 9.42. The molecule has 16 heteroatoms. The summed E-state index contributed by atoms with van der Waals surface area (Å²) in [6, 6.07) is 31.7. The molecule has 376 valence electrons. The molecule has 0 aliphatic heterocycles. The van der Waals surface area contributed by atoms with Gasteiger partial charge in [-0.2, -0.15) is 5.10 Å². The van der Waals surface area contributed by atoms with Gasteiger partial charge in [0.15, 0.2) is 0 Å². The van der Waals surface area contributed by atoms with Crippen LogP contribution in [0.5, 0.6) is 0 Å². The third kappa shape index (κ3) is 24.7. The molecule has 0 radical (unpaired) electrons. The first-order valence-electron chi connectivity index (χ1n) is 24.3. The van der Waals surface area contributed by atoms with Crippen LogP contribution in [0, 0.1) is 0 Å². The van der Waals surface area contributed by atoms with Crippen LogP contribution < -0.4 is 15.6 Å². The second-order valence-corrected chi connectivity index (χ2v) is 31.3. The maximum atomic E-state index is 12.9. The smallest absolute Gasteiger partial charge is 0.272 e. The van der Waals surface area contributed by atoms with Gasteiger partial charge in [0.2, 0.25) is 21.3 Å². The van der Waals surface area contributed by atoms with Crippen molar-refractivity contribution in [3.8, 4) is 0 Å². The number of sulfone groups is 1. The van der Waals surface area contributed by atoms with Gasteiger partial charge in [0.05, 0.1) is 22.5 Å². The van der Waals surface area contributed by atoms with Crippen LogP contribution in [0.1, 0.15) is 149 Å². The third-order valence-electron chi connectivity index (χ3n) is 11.1. The molecule has 0 saturated carbocycles. The summed E-state index contributed by atoms with van der Waals surface area (Å²) in [6.45, 7) is 5.51. The van der Waals surface area contributed by atoms with Crippen LogP contribution in [0.25, 0.3) is 10.8 Å². The minimum atomic E-state index is -3.43. The lowest BCUT2D eigenvalue weighted by Crippen LogP contribution is -2.17. The maximum absolute atomic E-state index is 12.9. The van der Waals surface area contributed by atoms with E-state index in [1.165, 1.54) is 133 Å². The van der Waals surface area contributed by atoms with E-state index >= 15 is 0 Å². The fraction of sp³-hybridized carbons (Fsp3) is 0.500. The number of nitrogens with zero attached hydrogens (tertiary/aromatic N) is 1. The highest BCUT2D eigenvalue weighted by Crippen LogP contribution is 2.44. The quantitative estimate of drug-likeness (QED) is 0.0233. The molecular formula is C52H73Br3N4O5S4. The van der Waals surface area contributed by atoms with Crippen molar-refractivity contribution in [3.05, 3.63) is 120 Å². The lowest BCUT2D eigenvalue weighted by Gasteiger charge is -2.14. The SMILES string of the molecule is CCCCCCCCCCCCCNc1ccccc1SSc1ccccc1NS(=O)(=O)CCCCCCCCCCCC.O=S(=O)(c1ccccc1)C(Br)(Br)Br.O=c1[nH]ncc2ccccc12. The summed E-state index contributed by atoms with van der Waals surface area (Å²) < 4.78 is 50.7. The van der Waals surface area contributed by atoms with E-state index in [2.05, 4.69) is 106 Å². The van der Waals surface area contributed by atoms with Gasteiger partial charge in [-0.25, -0.2) is 21.9 Å². The molecule has 68 heavy (non-hydrogen) atoms. The van der Waals surface area contributed by atoms with E-state index in [1.54, 1.807) is 52.1 Å². The van der Waals surface area contributed by atoms with E-state index in [9.17, 15) is 21.6 Å². The predicted octanol–water partition coefficient (Wildman–Crippen LogP) is 17.1. The van der Waals surface area contributed by atoms with Crippen molar-refractivity contribution in [2.24, 2.45) is 0 Å². The molecule has 0 fully saturated rings. The summed E-state index contributed by atoms with van der Waals surface area (Å²) in [6.07, 6.45) is 28.4. The highest BCUT2D eigenvalue weighted by Gasteiger charge is 2.37. The summed E-state index contributed by atoms with van der Waals surface area (Å²) in [7, 11) is -3.51. The molecule has 0 atom stereocenters. The van der Waals surface area contributed by atoms with Crippen LogP contribution >= 0.6 is 69.4 Å².